The molecular weight excluding hydrogens is 306 g/mol. The van der Waals surface area contributed by atoms with Gasteiger partial charge >= 0.3 is 0 Å². The Morgan fingerprint density at radius 2 is 2.11 bits per heavy atom. The van der Waals surface area contributed by atoms with E-state index in [1.807, 2.05) is 30.3 Å². The lowest BCUT2D eigenvalue weighted by atomic mass is 10.1. The second-order valence-electron chi connectivity index (χ2n) is 4.33. The van der Waals surface area contributed by atoms with Crippen molar-refractivity contribution in [2.24, 2.45) is 0 Å². The van der Waals surface area contributed by atoms with E-state index in [9.17, 15) is 0 Å². The van der Waals surface area contributed by atoms with Gasteiger partial charge in [-0.05, 0) is 43.8 Å². The van der Waals surface area contributed by atoms with Crippen molar-refractivity contribution in [1.82, 2.24) is 5.32 Å². The molecule has 0 aliphatic rings. The molecule has 2 rings (SSSR count). The van der Waals surface area contributed by atoms with E-state index in [1.54, 1.807) is 7.11 Å². The molecule has 0 radical (unpaired) electrons. The van der Waals surface area contributed by atoms with Gasteiger partial charge in [0.15, 0.2) is 0 Å². The summed E-state index contributed by atoms with van der Waals surface area (Å²) in [5.41, 5.74) is 0.995. The first-order valence-corrected chi connectivity index (χ1v) is 7.12. The summed E-state index contributed by atoms with van der Waals surface area (Å²) in [6.45, 7) is 5.09. The summed E-state index contributed by atoms with van der Waals surface area (Å²) in [5, 5.41) is 3.33. The molecule has 4 heteroatoms. The van der Waals surface area contributed by atoms with Gasteiger partial charge in [-0.3, -0.25) is 0 Å². The minimum atomic E-state index is 0.211. The van der Waals surface area contributed by atoms with Gasteiger partial charge < -0.3 is 14.5 Å². The van der Waals surface area contributed by atoms with Crippen molar-refractivity contribution >= 4 is 15.9 Å². The maximum absolute atomic E-state index is 5.92. The lowest BCUT2D eigenvalue weighted by Gasteiger charge is -2.09. The molecule has 2 aromatic rings. The smallest absolute Gasteiger partial charge is 0.135 e. The summed E-state index contributed by atoms with van der Waals surface area (Å²) in [4.78, 5) is 0. The van der Waals surface area contributed by atoms with Gasteiger partial charge in [0.1, 0.15) is 17.3 Å². The van der Waals surface area contributed by atoms with Crippen LogP contribution in [0, 0.1) is 0 Å². The van der Waals surface area contributed by atoms with Gasteiger partial charge in [-0.15, -0.1) is 0 Å². The molecule has 0 amide bonds. The molecule has 0 saturated carbocycles. The van der Waals surface area contributed by atoms with E-state index in [4.69, 9.17) is 9.15 Å². The van der Waals surface area contributed by atoms with Crippen molar-refractivity contribution in [3.05, 3.63) is 40.6 Å². The van der Waals surface area contributed by atoms with Crippen molar-refractivity contribution < 1.29 is 9.15 Å². The monoisotopic (exact) mass is 323 g/mol. The molecule has 0 aliphatic heterocycles. The van der Waals surface area contributed by atoms with Crippen LogP contribution in [0.2, 0.25) is 0 Å². The van der Waals surface area contributed by atoms with Gasteiger partial charge in [0.25, 0.3) is 0 Å². The number of hydrogen-bond acceptors (Lipinski definition) is 3. The molecule has 3 nitrogen and oxygen atoms in total. The van der Waals surface area contributed by atoms with Crippen LogP contribution in [0.1, 0.15) is 25.6 Å². The minimum absolute atomic E-state index is 0.211. The van der Waals surface area contributed by atoms with Crippen LogP contribution in [0.4, 0.5) is 0 Å². The van der Waals surface area contributed by atoms with Crippen LogP contribution in [0.5, 0.6) is 5.75 Å². The van der Waals surface area contributed by atoms with E-state index >= 15 is 0 Å². The molecule has 102 valence electrons. The SMILES string of the molecule is CCNC(C)c1ccc(-c2cc(OC)ccc2Br)o1. The number of hydrogen-bond donors (Lipinski definition) is 1. The fraction of sp³-hybridized carbons (Fsp3) is 0.333. The summed E-state index contributed by atoms with van der Waals surface area (Å²) in [6, 6.07) is 10.0. The summed E-state index contributed by atoms with van der Waals surface area (Å²) in [6.07, 6.45) is 0. The fourth-order valence-corrected chi connectivity index (χ4v) is 2.40. The first-order valence-electron chi connectivity index (χ1n) is 6.32. The number of methoxy groups -OCH3 is 1. The highest BCUT2D eigenvalue weighted by Crippen LogP contribution is 2.33. The molecule has 0 bridgehead atoms. The number of furan rings is 1. The molecule has 1 heterocycles. The summed E-state index contributed by atoms with van der Waals surface area (Å²) < 4.78 is 12.2. The van der Waals surface area contributed by atoms with Crippen LogP contribution < -0.4 is 10.1 Å². The second kappa shape index (κ2) is 6.26. The molecule has 1 atom stereocenters. The van der Waals surface area contributed by atoms with E-state index in [2.05, 4.69) is 35.1 Å². The first-order chi connectivity index (χ1) is 9.15. The topological polar surface area (TPSA) is 34.4 Å². The standard InChI is InChI=1S/C15H18BrNO2/c1-4-17-10(2)14-7-8-15(19-14)12-9-11(18-3)5-6-13(12)16/h5-10,17H,4H2,1-3H3. The van der Waals surface area contributed by atoms with Crippen LogP contribution in [0.25, 0.3) is 11.3 Å². The van der Waals surface area contributed by atoms with Gasteiger partial charge in [-0.2, -0.15) is 0 Å². The zero-order valence-electron chi connectivity index (χ0n) is 11.4. The van der Waals surface area contributed by atoms with Crippen molar-refractivity contribution in [3.8, 4) is 17.1 Å². The minimum Gasteiger partial charge on any atom is -0.497 e. The lowest BCUT2D eigenvalue weighted by molar-refractivity contribution is 0.414. The van der Waals surface area contributed by atoms with E-state index < -0.39 is 0 Å². The molecule has 0 saturated heterocycles. The van der Waals surface area contributed by atoms with Gasteiger partial charge in [0, 0.05) is 10.0 Å². The predicted octanol–water partition coefficient (Wildman–Crippen LogP) is 4.39. The normalized spacial score (nSPS) is 12.4. The Kier molecular flexibility index (Phi) is 4.66. The predicted molar refractivity (Wildman–Crippen MR) is 80.5 cm³/mol. The Labute approximate surface area is 122 Å². The highest BCUT2D eigenvalue weighted by molar-refractivity contribution is 9.10. The van der Waals surface area contributed by atoms with Gasteiger partial charge in [0.05, 0.1) is 13.2 Å². The molecule has 1 aromatic carbocycles. The van der Waals surface area contributed by atoms with Crippen molar-refractivity contribution in [1.29, 1.82) is 0 Å². The van der Waals surface area contributed by atoms with E-state index in [0.29, 0.717) is 0 Å². The quantitative estimate of drug-likeness (QED) is 0.886. The van der Waals surface area contributed by atoms with E-state index in [1.165, 1.54) is 0 Å². The Balaban J connectivity index is 2.32. The van der Waals surface area contributed by atoms with Crippen molar-refractivity contribution in [2.75, 3.05) is 13.7 Å². The molecular formula is C15H18BrNO2. The van der Waals surface area contributed by atoms with Gasteiger partial charge in [-0.1, -0.05) is 22.9 Å². The fourth-order valence-electron chi connectivity index (χ4n) is 1.96. The highest BCUT2D eigenvalue weighted by Gasteiger charge is 2.13. The zero-order chi connectivity index (χ0) is 13.8. The third-order valence-corrected chi connectivity index (χ3v) is 3.69. The number of halogens is 1. The third-order valence-electron chi connectivity index (χ3n) is 3.00. The van der Waals surface area contributed by atoms with Crippen LogP contribution >= 0.6 is 15.9 Å². The van der Waals surface area contributed by atoms with Crippen LogP contribution in [-0.4, -0.2) is 13.7 Å². The summed E-state index contributed by atoms with van der Waals surface area (Å²) >= 11 is 3.54. The molecule has 0 spiro atoms. The maximum atomic E-state index is 5.92. The summed E-state index contributed by atoms with van der Waals surface area (Å²) in [7, 11) is 1.66. The number of rotatable bonds is 5. The van der Waals surface area contributed by atoms with Crippen LogP contribution in [-0.2, 0) is 0 Å². The first kappa shape index (κ1) is 14.2. The zero-order valence-corrected chi connectivity index (χ0v) is 13.0. The molecule has 19 heavy (non-hydrogen) atoms. The number of ether oxygens (including phenoxy) is 1. The average Bonchev–Trinajstić information content (AvgIpc) is 2.89. The molecule has 1 aromatic heterocycles. The number of nitrogens with one attached hydrogen (secondary N) is 1. The Morgan fingerprint density at radius 3 is 2.79 bits per heavy atom. The van der Waals surface area contributed by atoms with Gasteiger partial charge in [0.2, 0.25) is 0 Å². The number of benzene rings is 1. The van der Waals surface area contributed by atoms with E-state index in [-0.39, 0.29) is 6.04 Å². The summed E-state index contributed by atoms with van der Waals surface area (Å²) in [5.74, 6) is 2.59. The van der Waals surface area contributed by atoms with Crippen molar-refractivity contribution in [3.63, 3.8) is 0 Å². The van der Waals surface area contributed by atoms with Crippen LogP contribution in [0.3, 0.4) is 0 Å². The molecule has 0 aliphatic carbocycles. The van der Waals surface area contributed by atoms with Gasteiger partial charge in [-0.25, -0.2) is 0 Å². The van der Waals surface area contributed by atoms with Crippen LogP contribution in [0.15, 0.2) is 39.2 Å². The molecule has 1 N–H and O–H groups in total. The Morgan fingerprint density at radius 1 is 1.32 bits per heavy atom. The average molecular weight is 324 g/mol. The van der Waals surface area contributed by atoms with E-state index in [0.717, 1.165) is 33.9 Å². The molecule has 0 fully saturated rings. The largest absolute Gasteiger partial charge is 0.497 e. The maximum Gasteiger partial charge on any atom is 0.135 e. The third kappa shape index (κ3) is 3.19. The Hall–Kier alpha value is -1.26. The lowest BCUT2D eigenvalue weighted by Crippen LogP contribution is -2.16. The van der Waals surface area contributed by atoms with Crippen molar-refractivity contribution in [2.45, 2.75) is 19.9 Å². The Bertz CT molecular complexity index is 551. The second-order valence-corrected chi connectivity index (χ2v) is 5.18. The molecule has 1 unspecified atom stereocenters. The highest BCUT2D eigenvalue weighted by atomic mass is 79.9.